The Balaban J connectivity index is 1.42. The minimum Gasteiger partial charge on any atom is -0.481 e. The lowest BCUT2D eigenvalue weighted by molar-refractivity contribution is 0.0607. The predicted octanol–water partition coefficient (Wildman–Crippen LogP) is 5.30. The van der Waals surface area contributed by atoms with Gasteiger partial charge in [-0.3, -0.25) is 4.79 Å². The van der Waals surface area contributed by atoms with Crippen LogP contribution in [0.5, 0.6) is 5.75 Å². The van der Waals surface area contributed by atoms with Crippen molar-refractivity contribution in [2.45, 2.75) is 19.1 Å². The Bertz CT molecular complexity index is 1010. The van der Waals surface area contributed by atoms with Crippen LogP contribution in [-0.4, -0.2) is 30.0 Å². The number of nitrogens with one attached hydrogen (secondary N) is 1. The van der Waals surface area contributed by atoms with Gasteiger partial charge in [0.15, 0.2) is 0 Å². The highest BCUT2D eigenvalue weighted by Gasteiger charge is 2.31. The second kappa shape index (κ2) is 8.13. The van der Waals surface area contributed by atoms with Crippen molar-refractivity contribution in [2.24, 2.45) is 0 Å². The molecule has 0 saturated carbocycles. The van der Waals surface area contributed by atoms with Crippen molar-refractivity contribution in [3.63, 3.8) is 0 Å². The number of carbonyl (C=O) groups is 1. The van der Waals surface area contributed by atoms with Crippen LogP contribution in [0.1, 0.15) is 27.7 Å². The number of anilines is 1. The fraction of sp³-hybridized carbons (Fsp3) is 0.208. The average Bonchev–Trinajstić information content (AvgIpc) is 3.27. The number of benzene rings is 2. The van der Waals surface area contributed by atoms with E-state index in [1.165, 1.54) is 16.9 Å². The molecule has 0 bridgehead atoms. The third-order valence-corrected chi connectivity index (χ3v) is 5.80. The highest BCUT2D eigenvalue weighted by Crippen LogP contribution is 2.33. The first-order chi connectivity index (χ1) is 14.0. The largest absolute Gasteiger partial charge is 0.481 e. The molecule has 5 heteroatoms. The van der Waals surface area contributed by atoms with Gasteiger partial charge in [-0.1, -0.05) is 42.5 Å². The Morgan fingerprint density at radius 1 is 1.14 bits per heavy atom. The molecule has 1 amide bonds. The quantitative estimate of drug-likeness (QED) is 0.606. The Kier molecular flexibility index (Phi) is 5.41. The summed E-state index contributed by atoms with van der Waals surface area (Å²) in [5.74, 6) is 0.849. The third kappa shape index (κ3) is 4.51. The molecular weight excluding hydrogens is 380 g/mol. The molecule has 3 aromatic rings. The molecule has 0 spiro atoms. The molecule has 4 rings (SSSR count). The molecule has 1 N–H and O–H groups in total. The SMILES string of the molecule is CN(CC1(C)C=Cc2cc(NCc3ccccc3)ccc2O1)C(=O)c1cccs1. The lowest BCUT2D eigenvalue weighted by Crippen LogP contribution is -2.45. The van der Waals surface area contributed by atoms with Gasteiger partial charge in [-0.15, -0.1) is 11.3 Å². The van der Waals surface area contributed by atoms with Gasteiger partial charge in [0.05, 0.1) is 11.4 Å². The second-order valence-corrected chi connectivity index (χ2v) is 8.43. The Morgan fingerprint density at radius 3 is 2.72 bits per heavy atom. The van der Waals surface area contributed by atoms with Crippen LogP contribution < -0.4 is 10.1 Å². The number of carbonyl (C=O) groups excluding carboxylic acids is 1. The summed E-state index contributed by atoms with van der Waals surface area (Å²) in [4.78, 5) is 15.0. The highest BCUT2D eigenvalue weighted by molar-refractivity contribution is 7.12. The monoisotopic (exact) mass is 404 g/mol. The predicted molar refractivity (Wildman–Crippen MR) is 120 cm³/mol. The summed E-state index contributed by atoms with van der Waals surface area (Å²) in [6.07, 6.45) is 4.12. The maximum absolute atomic E-state index is 12.5. The fourth-order valence-corrected chi connectivity index (χ4v) is 4.17. The summed E-state index contributed by atoms with van der Waals surface area (Å²) >= 11 is 1.46. The van der Waals surface area contributed by atoms with Gasteiger partial charge in [-0.05, 0) is 48.2 Å². The van der Waals surface area contributed by atoms with Crippen LogP contribution >= 0.6 is 11.3 Å². The third-order valence-electron chi connectivity index (χ3n) is 4.94. The van der Waals surface area contributed by atoms with E-state index in [0.717, 1.165) is 28.4 Å². The first kappa shape index (κ1) is 19.3. The number of amides is 1. The van der Waals surface area contributed by atoms with Crippen molar-refractivity contribution in [1.29, 1.82) is 0 Å². The van der Waals surface area contributed by atoms with E-state index in [1.54, 1.807) is 4.90 Å². The molecule has 1 aliphatic rings. The number of hydrogen-bond donors (Lipinski definition) is 1. The number of rotatable bonds is 6. The normalized spacial score (nSPS) is 17.3. The Hall–Kier alpha value is -3.05. The van der Waals surface area contributed by atoms with Crippen molar-refractivity contribution in [3.8, 4) is 5.75 Å². The van der Waals surface area contributed by atoms with Crippen LogP contribution in [0.25, 0.3) is 6.08 Å². The average molecular weight is 405 g/mol. The topological polar surface area (TPSA) is 41.6 Å². The summed E-state index contributed by atoms with van der Waals surface area (Å²) in [6, 6.07) is 20.2. The molecular formula is C24H24N2O2S. The van der Waals surface area contributed by atoms with Crippen LogP contribution in [0.15, 0.2) is 72.1 Å². The van der Waals surface area contributed by atoms with Crippen molar-refractivity contribution in [1.82, 2.24) is 4.90 Å². The molecule has 0 aliphatic carbocycles. The van der Waals surface area contributed by atoms with Crippen molar-refractivity contribution in [3.05, 3.63) is 88.1 Å². The van der Waals surface area contributed by atoms with E-state index in [9.17, 15) is 4.79 Å². The van der Waals surface area contributed by atoms with Gasteiger partial charge in [0.2, 0.25) is 0 Å². The van der Waals surface area contributed by atoms with Crippen LogP contribution in [0, 0.1) is 0 Å². The maximum Gasteiger partial charge on any atom is 0.263 e. The second-order valence-electron chi connectivity index (χ2n) is 7.48. The Labute approximate surface area is 175 Å². The number of fused-ring (bicyclic) bond motifs is 1. The van der Waals surface area contributed by atoms with E-state index in [0.29, 0.717) is 6.54 Å². The molecule has 2 heterocycles. The van der Waals surface area contributed by atoms with Gasteiger partial charge < -0.3 is 15.0 Å². The van der Waals surface area contributed by atoms with E-state index in [-0.39, 0.29) is 5.91 Å². The molecule has 0 radical (unpaired) electrons. The van der Waals surface area contributed by atoms with Crippen LogP contribution in [0.3, 0.4) is 0 Å². The van der Waals surface area contributed by atoms with Gasteiger partial charge in [0, 0.05) is 24.8 Å². The molecule has 0 fully saturated rings. The maximum atomic E-state index is 12.5. The number of likely N-dealkylation sites (N-methyl/N-ethyl adjacent to an activating group) is 1. The van der Waals surface area contributed by atoms with Gasteiger partial charge in [0.1, 0.15) is 11.4 Å². The molecule has 1 aromatic heterocycles. The summed E-state index contributed by atoms with van der Waals surface area (Å²) in [5.41, 5.74) is 2.76. The van der Waals surface area contributed by atoms with Crippen LogP contribution in [0.4, 0.5) is 5.69 Å². The molecule has 0 saturated heterocycles. The van der Waals surface area contributed by atoms with Gasteiger partial charge in [-0.25, -0.2) is 0 Å². The van der Waals surface area contributed by atoms with Crippen LogP contribution in [0.2, 0.25) is 0 Å². The zero-order chi connectivity index (χ0) is 20.3. The zero-order valence-electron chi connectivity index (χ0n) is 16.6. The van der Waals surface area contributed by atoms with Crippen LogP contribution in [-0.2, 0) is 6.54 Å². The van der Waals surface area contributed by atoms with Gasteiger partial charge >= 0.3 is 0 Å². The Morgan fingerprint density at radius 2 is 1.97 bits per heavy atom. The van der Waals surface area contributed by atoms with E-state index in [4.69, 9.17) is 4.74 Å². The standard InChI is InChI=1S/C24H24N2O2S/c1-24(17-26(2)23(27)22-9-6-14-29-22)13-12-19-15-20(10-11-21(19)28-24)25-16-18-7-4-3-5-8-18/h3-15,25H,16-17H2,1-2H3. The molecule has 1 unspecified atom stereocenters. The summed E-state index contributed by atoms with van der Waals surface area (Å²) in [5, 5.41) is 5.37. The van der Waals surface area contributed by atoms with Crippen molar-refractivity contribution < 1.29 is 9.53 Å². The smallest absolute Gasteiger partial charge is 0.263 e. The number of thiophene rings is 1. The van der Waals surface area contributed by atoms with E-state index in [1.807, 2.05) is 67.9 Å². The highest BCUT2D eigenvalue weighted by atomic mass is 32.1. The molecule has 4 nitrogen and oxygen atoms in total. The van der Waals surface area contributed by atoms with E-state index >= 15 is 0 Å². The first-order valence-corrected chi connectivity index (χ1v) is 10.5. The molecule has 1 atom stereocenters. The van der Waals surface area contributed by atoms with Gasteiger partial charge in [-0.2, -0.15) is 0 Å². The number of ether oxygens (including phenoxy) is 1. The fourth-order valence-electron chi connectivity index (χ4n) is 3.45. The lowest BCUT2D eigenvalue weighted by atomic mass is 9.99. The number of hydrogen-bond acceptors (Lipinski definition) is 4. The molecule has 1 aliphatic heterocycles. The van der Waals surface area contributed by atoms with Gasteiger partial charge in [0.25, 0.3) is 5.91 Å². The minimum absolute atomic E-state index is 0.0180. The zero-order valence-corrected chi connectivity index (χ0v) is 17.4. The number of nitrogens with zero attached hydrogens (tertiary/aromatic N) is 1. The summed E-state index contributed by atoms with van der Waals surface area (Å²) in [6.45, 7) is 3.26. The summed E-state index contributed by atoms with van der Waals surface area (Å²) < 4.78 is 6.27. The minimum atomic E-state index is -0.562. The van der Waals surface area contributed by atoms with Crippen molar-refractivity contribution in [2.75, 3.05) is 18.9 Å². The molecule has 148 valence electrons. The summed E-state index contributed by atoms with van der Waals surface area (Å²) in [7, 11) is 1.82. The lowest BCUT2D eigenvalue weighted by Gasteiger charge is -2.35. The molecule has 2 aromatic carbocycles. The van der Waals surface area contributed by atoms with E-state index in [2.05, 4.69) is 29.6 Å². The first-order valence-electron chi connectivity index (χ1n) is 9.61. The molecule has 29 heavy (non-hydrogen) atoms. The van der Waals surface area contributed by atoms with E-state index < -0.39 is 5.60 Å². The van der Waals surface area contributed by atoms with Crippen molar-refractivity contribution >= 4 is 29.0 Å².